The van der Waals surface area contributed by atoms with E-state index >= 15 is 0 Å². The second kappa shape index (κ2) is 10.7. The molecule has 1 aromatic heterocycles. The van der Waals surface area contributed by atoms with Crippen LogP contribution in [0.5, 0.6) is 0 Å². The van der Waals surface area contributed by atoms with Crippen molar-refractivity contribution >= 4 is 17.5 Å². The minimum atomic E-state index is -0.976. The first-order valence-corrected chi connectivity index (χ1v) is 13.1. The number of carbonyl (C=O) groups excluding carboxylic acids is 2. The van der Waals surface area contributed by atoms with Gasteiger partial charge in [-0.2, -0.15) is 0 Å². The minimum absolute atomic E-state index is 0.0415. The molecule has 1 aromatic carbocycles. The maximum Gasteiger partial charge on any atom is 0.248 e. The van der Waals surface area contributed by atoms with Crippen molar-refractivity contribution in [3.05, 3.63) is 59.9 Å². The van der Waals surface area contributed by atoms with E-state index in [0.29, 0.717) is 17.8 Å². The number of aromatic nitrogens is 1. The van der Waals surface area contributed by atoms with Crippen molar-refractivity contribution in [2.24, 2.45) is 0 Å². The molecule has 36 heavy (non-hydrogen) atoms. The van der Waals surface area contributed by atoms with E-state index in [-0.39, 0.29) is 29.7 Å². The van der Waals surface area contributed by atoms with Crippen LogP contribution in [0, 0.1) is 0 Å². The van der Waals surface area contributed by atoms with E-state index in [9.17, 15) is 14.7 Å². The van der Waals surface area contributed by atoms with Gasteiger partial charge < -0.3 is 15.7 Å². The van der Waals surface area contributed by atoms with Gasteiger partial charge in [-0.1, -0.05) is 58.2 Å². The fourth-order valence-electron chi connectivity index (χ4n) is 5.28. The van der Waals surface area contributed by atoms with Gasteiger partial charge in [-0.25, -0.2) is 0 Å². The molecule has 1 aliphatic heterocycles. The zero-order chi connectivity index (χ0) is 25.9. The van der Waals surface area contributed by atoms with E-state index in [0.717, 1.165) is 31.2 Å². The van der Waals surface area contributed by atoms with Gasteiger partial charge in [-0.15, -0.1) is 0 Å². The standard InChI is InChI=1S/C29H40N4O3/c1-28(2,3)21-12-14-23(15-13-21)33(27(35)24-17-29(4,36)19-31-24)25(20-9-8-16-30-18-20)26(34)32-22-10-6-5-7-11-22/h8-9,12-16,18,22,24-25,31,36H,5-7,10-11,17,19H2,1-4H3,(H,32,34)/t24-,25?,29?/m1/s1. The van der Waals surface area contributed by atoms with Gasteiger partial charge in [0.1, 0.15) is 6.04 Å². The van der Waals surface area contributed by atoms with Crippen LogP contribution in [0.4, 0.5) is 5.69 Å². The molecule has 7 heteroatoms. The molecule has 1 saturated heterocycles. The zero-order valence-corrected chi connectivity index (χ0v) is 22.0. The molecule has 2 aliphatic rings. The van der Waals surface area contributed by atoms with Gasteiger partial charge in [0.2, 0.25) is 11.8 Å². The van der Waals surface area contributed by atoms with Crippen molar-refractivity contribution in [1.82, 2.24) is 15.6 Å². The van der Waals surface area contributed by atoms with Crippen molar-refractivity contribution in [3.8, 4) is 0 Å². The molecule has 7 nitrogen and oxygen atoms in total. The van der Waals surface area contributed by atoms with E-state index in [4.69, 9.17) is 0 Å². The van der Waals surface area contributed by atoms with Gasteiger partial charge in [0.15, 0.2) is 0 Å². The van der Waals surface area contributed by atoms with Crippen molar-refractivity contribution < 1.29 is 14.7 Å². The highest BCUT2D eigenvalue weighted by molar-refractivity contribution is 6.04. The number of hydrogen-bond acceptors (Lipinski definition) is 5. The first-order valence-electron chi connectivity index (χ1n) is 13.1. The number of aliphatic hydroxyl groups is 1. The molecular formula is C29H40N4O3. The number of carbonyl (C=O) groups is 2. The minimum Gasteiger partial charge on any atom is -0.389 e. The Labute approximate surface area is 214 Å². The van der Waals surface area contributed by atoms with Crippen LogP contribution in [0.15, 0.2) is 48.8 Å². The molecule has 2 amide bonds. The lowest BCUT2D eigenvalue weighted by Gasteiger charge is -2.35. The predicted molar refractivity (Wildman–Crippen MR) is 142 cm³/mol. The molecule has 2 heterocycles. The number of nitrogens with one attached hydrogen (secondary N) is 2. The number of β-amino-alcohol motifs (C(OH)–C–C–N with tert-alkyl or cyclic N) is 1. The Balaban J connectivity index is 1.75. The highest BCUT2D eigenvalue weighted by Gasteiger charge is 2.42. The van der Waals surface area contributed by atoms with Crippen molar-refractivity contribution in [2.45, 2.75) is 95.4 Å². The third kappa shape index (κ3) is 6.13. The van der Waals surface area contributed by atoms with Gasteiger partial charge >= 0.3 is 0 Å². The van der Waals surface area contributed by atoms with Crippen molar-refractivity contribution in [2.75, 3.05) is 11.4 Å². The highest BCUT2D eigenvalue weighted by atomic mass is 16.3. The van der Waals surface area contributed by atoms with Crippen LogP contribution < -0.4 is 15.5 Å². The van der Waals surface area contributed by atoms with E-state index < -0.39 is 17.7 Å². The Morgan fingerprint density at radius 2 is 1.83 bits per heavy atom. The molecule has 0 spiro atoms. The third-order valence-corrected chi connectivity index (χ3v) is 7.38. The SMILES string of the molecule is CC1(O)CN[C@@H](C(=O)N(c2ccc(C(C)(C)C)cc2)C(C(=O)NC2CCCCC2)c2cccnc2)C1. The quantitative estimate of drug-likeness (QED) is 0.566. The molecule has 194 valence electrons. The fourth-order valence-corrected chi connectivity index (χ4v) is 5.28. The van der Waals surface area contributed by atoms with Gasteiger partial charge in [-0.05, 0) is 48.9 Å². The van der Waals surface area contributed by atoms with Gasteiger partial charge in [0.05, 0.1) is 11.6 Å². The molecule has 0 bridgehead atoms. The Morgan fingerprint density at radius 1 is 1.14 bits per heavy atom. The Hall–Kier alpha value is -2.77. The second-order valence-electron chi connectivity index (χ2n) is 11.7. The monoisotopic (exact) mass is 492 g/mol. The fraction of sp³-hybridized carbons (Fsp3) is 0.552. The molecule has 4 rings (SSSR count). The number of rotatable bonds is 6. The molecule has 3 N–H and O–H groups in total. The summed E-state index contributed by atoms with van der Waals surface area (Å²) in [7, 11) is 0. The summed E-state index contributed by atoms with van der Waals surface area (Å²) in [5.74, 6) is -0.433. The lowest BCUT2D eigenvalue weighted by atomic mass is 9.87. The first kappa shape index (κ1) is 26.3. The highest BCUT2D eigenvalue weighted by Crippen LogP contribution is 2.33. The van der Waals surface area contributed by atoms with E-state index in [1.165, 1.54) is 6.42 Å². The summed E-state index contributed by atoms with van der Waals surface area (Å²) in [4.78, 5) is 33.8. The summed E-state index contributed by atoms with van der Waals surface area (Å²) in [5.41, 5.74) is 1.43. The number of pyridine rings is 1. The third-order valence-electron chi connectivity index (χ3n) is 7.38. The van der Waals surface area contributed by atoms with Crippen LogP contribution in [0.1, 0.15) is 83.4 Å². The number of hydrogen-bond donors (Lipinski definition) is 3. The van der Waals surface area contributed by atoms with Gasteiger partial charge in [0.25, 0.3) is 0 Å². The van der Waals surface area contributed by atoms with Crippen LogP contribution in [-0.4, -0.2) is 46.1 Å². The first-order chi connectivity index (χ1) is 17.0. The van der Waals surface area contributed by atoms with Crippen LogP contribution >= 0.6 is 0 Å². The van der Waals surface area contributed by atoms with Crippen LogP contribution in [0.2, 0.25) is 0 Å². The molecule has 2 fully saturated rings. The summed E-state index contributed by atoms with van der Waals surface area (Å²) >= 11 is 0. The van der Waals surface area contributed by atoms with Crippen LogP contribution in [0.25, 0.3) is 0 Å². The summed E-state index contributed by atoms with van der Waals surface area (Å²) < 4.78 is 0. The molecular weight excluding hydrogens is 452 g/mol. The summed E-state index contributed by atoms with van der Waals surface area (Å²) in [6, 6.07) is 10.2. The molecule has 2 unspecified atom stereocenters. The Bertz CT molecular complexity index is 1040. The zero-order valence-electron chi connectivity index (χ0n) is 22.0. The average Bonchev–Trinajstić information content (AvgIpc) is 3.22. The molecule has 2 aromatic rings. The number of anilines is 1. The molecule has 3 atom stereocenters. The topological polar surface area (TPSA) is 94.6 Å². The smallest absolute Gasteiger partial charge is 0.248 e. The van der Waals surface area contributed by atoms with Gasteiger partial charge in [0, 0.05) is 42.7 Å². The number of benzene rings is 1. The van der Waals surface area contributed by atoms with E-state index in [1.54, 1.807) is 30.3 Å². The largest absolute Gasteiger partial charge is 0.389 e. The number of amides is 2. The Morgan fingerprint density at radius 3 is 2.39 bits per heavy atom. The molecule has 0 radical (unpaired) electrons. The van der Waals surface area contributed by atoms with E-state index in [1.807, 2.05) is 30.3 Å². The summed E-state index contributed by atoms with van der Waals surface area (Å²) in [6.07, 6.45) is 8.90. The number of nitrogens with zero attached hydrogens (tertiary/aromatic N) is 2. The predicted octanol–water partition coefficient (Wildman–Crippen LogP) is 4.02. The maximum atomic E-state index is 14.1. The van der Waals surface area contributed by atoms with Gasteiger partial charge in [-0.3, -0.25) is 19.5 Å². The average molecular weight is 493 g/mol. The Kier molecular flexibility index (Phi) is 7.81. The molecule has 1 aliphatic carbocycles. The van der Waals surface area contributed by atoms with E-state index in [2.05, 4.69) is 36.4 Å². The van der Waals surface area contributed by atoms with Crippen LogP contribution in [-0.2, 0) is 15.0 Å². The van der Waals surface area contributed by atoms with Crippen molar-refractivity contribution in [3.63, 3.8) is 0 Å². The summed E-state index contributed by atoms with van der Waals surface area (Å²) in [6.45, 7) is 8.48. The maximum absolute atomic E-state index is 14.1. The normalized spacial score (nSPS) is 23.8. The van der Waals surface area contributed by atoms with Crippen LogP contribution in [0.3, 0.4) is 0 Å². The second-order valence-corrected chi connectivity index (χ2v) is 11.7. The lowest BCUT2D eigenvalue weighted by molar-refractivity contribution is -0.128. The lowest BCUT2D eigenvalue weighted by Crippen LogP contribution is -2.51. The molecule has 1 saturated carbocycles. The summed E-state index contributed by atoms with van der Waals surface area (Å²) in [5, 5.41) is 17.0. The van der Waals surface area contributed by atoms with Crippen molar-refractivity contribution in [1.29, 1.82) is 0 Å².